The Hall–Kier alpha value is -2.17. The van der Waals surface area contributed by atoms with Gasteiger partial charge in [-0.25, -0.2) is 13.2 Å². The average molecular weight is 252 g/mol. The van der Waals surface area contributed by atoms with E-state index in [0.717, 1.165) is 6.07 Å². The lowest BCUT2D eigenvalue weighted by molar-refractivity contribution is 0.586. The van der Waals surface area contributed by atoms with E-state index in [-0.39, 0.29) is 17.1 Å². The van der Waals surface area contributed by atoms with Crippen molar-refractivity contribution in [1.82, 2.24) is 0 Å². The zero-order valence-corrected chi connectivity index (χ0v) is 9.62. The smallest absolute Gasteiger partial charge is 0.151 e. The molecule has 0 aliphatic carbocycles. The molecule has 0 fully saturated rings. The van der Waals surface area contributed by atoms with E-state index in [1.54, 1.807) is 6.07 Å². The number of hydrogen-bond donors (Lipinski definition) is 1. The fraction of sp³-hybridized carbons (Fsp3) is 0.0769. The minimum Gasteiger partial charge on any atom is -0.395 e. The number of nitrogens with zero attached hydrogens (tertiary/aromatic N) is 1. The van der Waals surface area contributed by atoms with Gasteiger partial charge in [0.1, 0.15) is 11.6 Å². The van der Waals surface area contributed by atoms with Gasteiger partial charge >= 0.3 is 0 Å². The van der Waals surface area contributed by atoms with E-state index >= 15 is 0 Å². The van der Waals surface area contributed by atoms with Crippen LogP contribution in [0.25, 0.3) is 0 Å². The Labute approximate surface area is 102 Å². The molecule has 0 spiro atoms. The normalized spacial score (nSPS) is 10.4. The molecule has 0 aliphatic rings. The fourth-order valence-corrected chi connectivity index (χ4v) is 1.70. The van der Waals surface area contributed by atoms with Gasteiger partial charge in [-0.1, -0.05) is 12.1 Å². The van der Waals surface area contributed by atoms with Crippen molar-refractivity contribution in [3.8, 4) is 0 Å². The number of anilines is 3. The summed E-state index contributed by atoms with van der Waals surface area (Å²) in [6, 6.07) is 7.66. The molecule has 0 bridgehead atoms. The van der Waals surface area contributed by atoms with E-state index in [9.17, 15) is 13.2 Å². The van der Waals surface area contributed by atoms with E-state index < -0.39 is 17.5 Å². The summed E-state index contributed by atoms with van der Waals surface area (Å²) in [5, 5.41) is 0. The SMILES string of the molecule is CN(c1ccccc1F)c1cc(F)cc(F)c1N. The second kappa shape index (κ2) is 4.60. The van der Waals surface area contributed by atoms with Crippen LogP contribution in [0.15, 0.2) is 36.4 Å². The molecule has 18 heavy (non-hydrogen) atoms. The molecule has 0 saturated carbocycles. The van der Waals surface area contributed by atoms with E-state index in [1.807, 2.05) is 0 Å². The van der Waals surface area contributed by atoms with Crippen molar-refractivity contribution in [2.45, 2.75) is 0 Å². The summed E-state index contributed by atoms with van der Waals surface area (Å²) in [4.78, 5) is 1.30. The van der Waals surface area contributed by atoms with Crippen molar-refractivity contribution in [3.05, 3.63) is 53.8 Å². The maximum Gasteiger partial charge on any atom is 0.151 e. The quantitative estimate of drug-likeness (QED) is 0.829. The molecule has 0 saturated heterocycles. The summed E-state index contributed by atoms with van der Waals surface area (Å²) in [7, 11) is 1.49. The summed E-state index contributed by atoms with van der Waals surface area (Å²) in [6.45, 7) is 0. The zero-order valence-electron chi connectivity index (χ0n) is 9.62. The first-order valence-corrected chi connectivity index (χ1v) is 5.23. The molecule has 0 aromatic heterocycles. The number of halogens is 3. The number of nitrogens with two attached hydrogens (primary N) is 1. The molecule has 0 unspecified atom stereocenters. The Bertz CT molecular complexity index is 584. The number of para-hydroxylation sites is 1. The molecule has 0 radical (unpaired) electrons. The fourth-order valence-electron chi connectivity index (χ4n) is 1.70. The van der Waals surface area contributed by atoms with Crippen molar-refractivity contribution < 1.29 is 13.2 Å². The summed E-state index contributed by atoms with van der Waals surface area (Å²) in [6.07, 6.45) is 0. The molecule has 94 valence electrons. The van der Waals surface area contributed by atoms with Gasteiger partial charge in [0, 0.05) is 13.1 Å². The van der Waals surface area contributed by atoms with Crippen LogP contribution >= 0.6 is 0 Å². The van der Waals surface area contributed by atoms with Crippen LogP contribution in [0, 0.1) is 17.5 Å². The number of rotatable bonds is 2. The number of hydrogen-bond acceptors (Lipinski definition) is 2. The molecule has 5 heteroatoms. The third-order valence-electron chi connectivity index (χ3n) is 2.65. The molecular weight excluding hydrogens is 241 g/mol. The van der Waals surface area contributed by atoms with Crippen LogP contribution in [0.5, 0.6) is 0 Å². The second-order valence-electron chi connectivity index (χ2n) is 3.83. The van der Waals surface area contributed by atoms with Gasteiger partial charge < -0.3 is 10.6 Å². The second-order valence-corrected chi connectivity index (χ2v) is 3.83. The van der Waals surface area contributed by atoms with Gasteiger partial charge in [0.25, 0.3) is 0 Å². The van der Waals surface area contributed by atoms with Crippen LogP contribution in [0.3, 0.4) is 0 Å². The lowest BCUT2D eigenvalue weighted by atomic mass is 10.2. The third-order valence-corrected chi connectivity index (χ3v) is 2.65. The Morgan fingerprint density at radius 1 is 0.944 bits per heavy atom. The third kappa shape index (κ3) is 2.11. The zero-order chi connectivity index (χ0) is 13.3. The Morgan fingerprint density at radius 3 is 2.28 bits per heavy atom. The maximum absolute atomic E-state index is 13.6. The van der Waals surface area contributed by atoms with Gasteiger partial charge in [-0.2, -0.15) is 0 Å². The topological polar surface area (TPSA) is 29.3 Å². The van der Waals surface area contributed by atoms with E-state index in [0.29, 0.717) is 6.07 Å². The van der Waals surface area contributed by atoms with Gasteiger partial charge in [-0.3, -0.25) is 0 Å². The molecule has 0 amide bonds. The average Bonchev–Trinajstić information content (AvgIpc) is 2.33. The molecule has 2 aromatic rings. The Balaban J connectivity index is 2.53. The maximum atomic E-state index is 13.6. The molecule has 0 aliphatic heterocycles. The highest BCUT2D eigenvalue weighted by atomic mass is 19.1. The number of benzene rings is 2. The van der Waals surface area contributed by atoms with Gasteiger partial charge in [0.05, 0.1) is 17.1 Å². The van der Waals surface area contributed by atoms with Crippen LogP contribution in [-0.2, 0) is 0 Å². The summed E-state index contributed by atoms with van der Waals surface area (Å²) >= 11 is 0. The Morgan fingerprint density at radius 2 is 1.61 bits per heavy atom. The molecule has 0 atom stereocenters. The van der Waals surface area contributed by atoms with Crippen LogP contribution in [0.1, 0.15) is 0 Å². The predicted octanol–water partition coefficient (Wildman–Crippen LogP) is 3.45. The first-order valence-electron chi connectivity index (χ1n) is 5.23. The molecular formula is C13H11F3N2. The van der Waals surface area contributed by atoms with Crippen LogP contribution < -0.4 is 10.6 Å². The first kappa shape index (κ1) is 12.3. The largest absolute Gasteiger partial charge is 0.395 e. The molecule has 2 rings (SSSR count). The van der Waals surface area contributed by atoms with Gasteiger partial charge in [0.2, 0.25) is 0 Å². The first-order chi connectivity index (χ1) is 8.50. The highest BCUT2D eigenvalue weighted by molar-refractivity contribution is 5.75. The van der Waals surface area contributed by atoms with Crippen LogP contribution in [-0.4, -0.2) is 7.05 Å². The van der Waals surface area contributed by atoms with Gasteiger partial charge in [0.15, 0.2) is 5.82 Å². The predicted molar refractivity (Wildman–Crippen MR) is 65.2 cm³/mol. The highest BCUT2D eigenvalue weighted by Gasteiger charge is 2.15. The molecule has 2 aromatic carbocycles. The highest BCUT2D eigenvalue weighted by Crippen LogP contribution is 2.32. The van der Waals surface area contributed by atoms with E-state index in [1.165, 1.54) is 30.1 Å². The molecule has 0 heterocycles. The standard InChI is InChI=1S/C13H11F3N2/c1-18(11-5-3-2-4-9(11)15)12-7-8(14)6-10(16)13(12)17/h2-7H,17H2,1H3. The summed E-state index contributed by atoms with van der Waals surface area (Å²) < 4.78 is 40.1. The lowest BCUT2D eigenvalue weighted by Gasteiger charge is -2.22. The van der Waals surface area contributed by atoms with Crippen molar-refractivity contribution in [2.75, 3.05) is 17.7 Å². The minimum absolute atomic E-state index is 0.0811. The van der Waals surface area contributed by atoms with Crippen molar-refractivity contribution in [1.29, 1.82) is 0 Å². The van der Waals surface area contributed by atoms with Crippen LogP contribution in [0.2, 0.25) is 0 Å². The van der Waals surface area contributed by atoms with Crippen molar-refractivity contribution in [2.24, 2.45) is 0 Å². The van der Waals surface area contributed by atoms with Crippen LogP contribution in [0.4, 0.5) is 30.2 Å². The molecule has 2 nitrogen and oxygen atoms in total. The van der Waals surface area contributed by atoms with Crippen molar-refractivity contribution in [3.63, 3.8) is 0 Å². The summed E-state index contributed by atoms with van der Waals surface area (Å²) in [5.74, 6) is -2.13. The Kier molecular flexibility index (Phi) is 3.14. The van der Waals surface area contributed by atoms with Crippen molar-refractivity contribution >= 4 is 17.1 Å². The van der Waals surface area contributed by atoms with E-state index in [2.05, 4.69) is 0 Å². The summed E-state index contributed by atoms with van der Waals surface area (Å²) in [5.41, 5.74) is 5.58. The number of nitrogen functional groups attached to an aromatic ring is 1. The monoisotopic (exact) mass is 252 g/mol. The minimum atomic E-state index is -0.867. The molecule has 2 N–H and O–H groups in total. The van der Waals surface area contributed by atoms with Gasteiger partial charge in [-0.15, -0.1) is 0 Å². The lowest BCUT2D eigenvalue weighted by Crippen LogP contribution is -2.14. The van der Waals surface area contributed by atoms with Gasteiger partial charge in [-0.05, 0) is 18.2 Å². The van der Waals surface area contributed by atoms with E-state index in [4.69, 9.17) is 5.73 Å².